The maximum Gasteiger partial charge on any atom is 0.311 e. The van der Waals surface area contributed by atoms with E-state index in [1.165, 1.54) is 30.6 Å². The largest absolute Gasteiger partial charge is 0.469 e. The summed E-state index contributed by atoms with van der Waals surface area (Å²) in [6.45, 7) is 2.03. The summed E-state index contributed by atoms with van der Waals surface area (Å²) in [7, 11) is 1.36. The number of hydrogen-bond acceptors (Lipinski definition) is 5. The van der Waals surface area contributed by atoms with Gasteiger partial charge >= 0.3 is 5.97 Å². The van der Waals surface area contributed by atoms with Crippen LogP contribution in [0.3, 0.4) is 0 Å². The standard InChI is InChI=1S/C15H17FN2O2S/c1-10(7-11-3-5-12(16)6-4-11)17-15-18-13(9-21-15)8-14(19)20-2/h3-6,9-10H,7-8H2,1-2H3,(H,17,18). The average molecular weight is 308 g/mol. The highest BCUT2D eigenvalue weighted by Gasteiger charge is 2.10. The lowest BCUT2D eigenvalue weighted by atomic mass is 10.1. The Bertz CT molecular complexity index is 598. The van der Waals surface area contributed by atoms with Gasteiger partial charge < -0.3 is 10.1 Å². The summed E-state index contributed by atoms with van der Waals surface area (Å²) in [5, 5.41) is 5.88. The van der Waals surface area contributed by atoms with Crippen molar-refractivity contribution in [2.24, 2.45) is 0 Å². The molecule has 2 rings (SSSR count). The van der Waals surface area contributed by atoms with E-state index in [1.807, 2.05) is 12.3 Å². The highest BCUT2D eigenvalue weighted by Crippen LogP contribution is 2.18. The Hall–Kier alpha value is -1.95. The SMILES string of the molecule is COC(=O)Cc1csc(NC(C)Cc2ccc(F)cc2)n1. The van der Waals surface area contributed by atoms with Gasteiger partial charge in [-0.3, -0.25) is 4.79 Å². The van der Waals surface area contributed by atoms with Crippen LogP contribution >= 0.6 is 11.3 Å². The number of halogens is 1. The van der Waals surface area contributed by atoms with E-state index in [4.69, 9.17) is 0 Å². The third kappa shape index (κ3) is 4.82. The van der Waals surface area contributed by atoms with Gasteiger partial charge in [0.15, 0.2) is 5.13 Å². The van der Waals surface area contributed by atoms with Crippen molar-refractivity contribution in [1.82, 2.24) is 4.98 Å². The minimum Gasteiger partial charge on any atom is -0.469 e. The van der Waals surface area contributed by atoms with E-state index in [1.54, 1.807) is 12.1 Å². The molecule has 0 aliphatic carbocycles. The number of carbonyl (C=O) groups is 1. The fourth-order valence-corrected chi connectivity index (χ4v) is 2.73. The molecule has 2 aromatic rings. The Morgan fingerprint density at radius 2 is 2.14 bits per heavy atom. The fourth-order valence-electron chi connectivity index (χ4n) is 1.91. The molecule has 0 bridgehead atoms. The molecular formula is C15H17FN2O2S. The second kappa shape index (κ2) is 7.17. The number of benzene rings is 1. The molecular weight excluding hydrogens is 291 g/mol. The van der Waals surface area contributed by atoms with Gasteiger partial charge in [-0.2, -0.15) is 0 Å². The molecule has 1 N–H and O–H groups in total. The van der Waals surface area contributed by atoms with Gasteiger partial charge in [-0.05, 0) is 31.0 Å². The molecule has 1 atom stereocenters. The molecule has 0 saturated carbocycles. The van der Waals surface area contributed by atoms with Gasteiger partial charge in [-0.1, -0.05) is 12.1 Å². The van der Waals surface area contributed by atoms with Crippen LogP contribution in [-0.2, 0) is 22.4 Å². The molecule has 0 aliphatic rings. The molecule has 21 heavy (non-hydrogen) atoms. The van der Waals surface area contributed by atoms with Crippen LogP contribution in [0.4, 0.5) is 9.52 Å². The van der Waals surface area contributed by atoms with Crippen LogP contribution in [0.5, 0.6) is 0 Å². The van der Waals surface area contributed by atoms with Crippen LogP contribution in [0.1, 0.15) is 18.2 Å². The van der Waals surface area contributed by atoms with Crippen LogP contribution in [0, 0.1) is 5.82 Å². The second-order valence-electron chi connectivity index (χ2n) is 4.77. The maximum absolute atomic E-state index is 12.8. The predicted molar refractivity (Wildman–Crippen MR) is 81.0 cm³/mol. The number of esters is 1. The average Bonchev–Trinajstić information content (AvgIpc) is 2.88. The van der Waals surface area contributed by atoms with Crippen molar-refractivity contribution in [2.75, 3.05) is 12.4 Å². The molecule has 1 unspecified atom stereocenters. The molecule has 0 amide bonds. The fraction of sp³-hybridized carbons (Fsp3) is 0.333. The minimum absolute atomic E-state index is 0.160. The van der Waals surface area contributed by atoms with Crippen molar-refractivity contribution < 1.29 is 13.9 Å². The molecule has 1 aromatic heterocycles. The number of ether oxygens (including phenoxy) is 1. The minimum atomic E-state index is -0.300. The Balaban J connectivity index is 1.89. The number of thiazole rings is 1. The summed E-state index contributed by atoms with van der Waals surface area (Å²) >= 11 is 1.45. The number of aromatic nitrogens is 1. The Labute approximate surface area is 127 Å². The van der Waals surface area contributed by atoms with E-state index in [9.17, 15) is 9.18 Å². The molecule has 6 heteroatoms. The first kappa shape index (κ1) is 15.4. The number of anilines is 1. The van der Waals surface area contributed by atoms with Crippen LogP contribution in [-0.4, -0.2) is 24.1 Å². The van der Waals surface area contributed by atoms with E-state index in [0.29, 0.717) is 5.69 Å². The Kier molecular flexibility index (Phi) is 5.27. The van der Waals surface area contributed by atoms with Gasteiger partial charge in [-0.25, -0.2) is 9.37 Å². The quantitative estimate of drug-likeness (QED) is 0.833. The lowest BCUT2D eigenvalue weighted by Gasteiger charge is -2.12. The Morgan fingerprint density at radius 1 is 1.43 bits per heavy atom. The highest BCUT2D eigenvalue weighted by atomic mass is 32.1. The normalized spacial score (nSPS) is 12.0. The van der Waals surface area contributed by atoms with Gasteiger partial charge in [0.1, 0.15) is 5.82 Å². The predicted octanol–water partition coefficient (Wildman–Crippen LogP) is 3.04. The van der Waals surface area contributed by atoms with Crippen molar-refractivity contribution in [2.45, 2.75) is 25.8 Å². The van der Waals surface area contributed by atoms with Crippen LogP contribution < -0.4 is 5.32 Å². The van der Waals surface area contributed by atoms with E-state index < -0.39 is 0 Å². The van der Waals surface area contributed by atoms with Gasteiger partial charge in [0.05, 0.1) is 19.2 Å². The third-order valence-electron chi connectivity index (χ3n) is 2.93. The van der Waals surface area contributed by atoms with Crippen molar-refractivity contribution in [3.63, 3.8) is 0 Å². The van der Waals surface area contributed by atoms with Crippen LogP contribution in [0.2, 0.25) is 0 Å². The van der Waals surface area contributed by atoms with Crippen molar-refractivity contribution in [3.8, 4) is 0 Å². The number of nitrogens with one attached hydrogen (secondary N) is 1. The van der Waals surface area contributed by atoms with E-state index in [0.717, 1.165) is 17.1 Å². The zero-order chi connectivity index (χ0) is 15.2. The monoisotopic (exact) mass is 308 g/mol. The number of hydrogen-bond donors (Lipinski definition) is 1. The molecule has 4 nitrogen and oxygen atoms in total. The first-order valence-electron chi connectivity index (χ1n) is 6.59. The molecule has 0 fully saturated rings. The number of rotatable bonds is 6. The van der Waals surface area contributed by atoms with Gasteiger partial charge in [0, 0.05) is 11.4 Å². The van der Waals surface area contributed by atoms with E-state index in [-0.39, 0.29) is 24.2 Å². The summed E-state index contributed by atoms with van der Waals surface area (Å²) in [6.07, 6.45) is 0.952. The van der Waals surface area contributed by atoms with Gasteiger partial charge in [0.2, 0.25) is 0 Å². The summed E-state index contributed by atoms with van der Waals surface area (Å²) in [6, 6.07) is 6.63. The molecule has 0 radical (unpaired) electrons. The molecule has 0 aliphatic heterocycles. The van der Waals surface area contributed by atoms with E-state index in [2.05, 4.69) is 15.0 Å². The summed E-state index contributed by atoms with van der Waals surface area (Å²) < 4.78 is 17.5. The number of nitrogens with zero attached hydrogens (tertiary/aromatic N) is 1. The van der Waals surface area contributed by atoms with Crippen LogP contribution in [0.15, 0.2) is 29.6 Å². The van der Waals surface area contributed by atoms with Crippen molar-refractivity contribution in [1.29, 1.82) is 0 Å². The van der Waals surface area contributed by atoms with Crippen LogP contribution in [0.25, 0.3) is 0 Å². The zero-order valence-electron chi connectivity index (χ0n) is 11.9. The van der Waals surface area contributed by atoms with Crippen molar-refractivity contribution in [3.05, 3.63) is 46.7 Å². The van der Waals surface area contributed by atoms with Gasteiger partial charge in [-0.15, -0.1) is 11.3 Å². The smallest absolute Gasteiger partial charge is 0.311 e. The maximum atomic E-state index is 12.8. The first-order valence-corrected chi connectivity index (χ1v) is 7.47. The summed E-state index contributed by atoms with van der Waals surface area (Å²) in [5.41, 5.74) is 1.76. The topological polar surface area (TPSA) is 51.2 Å². The molecule has 0 spiro atoms. The lowest BCUT2D eigenvalue weighted by molar-refractivity contribution is -0.139. The molecule has 1 heterocycles. The first-order chi connectivity index (χ1) is 10.1. The van der Waals surface area contributed by atoms with Gasteiger partial charge in [0.25, 0.3) is 0 Å². The van der Waals surface area contributed by atoms with Crippen molar-refractivity contribution >= 4 is 22.4 Å². The third-order valence-corrected chi connectivity index (χ3v) is 3.75. The zero-order valence-corrected chi connectivity index (χ0v) is 12.7. The lowest BCUT2D eigenvalue weighted by Crippen LogP contribution is -2.18. The molecule has 112 valence electrons. The Morgan fingerprint density at radius 3 is 2.81 bits per heavy atom. The molecule has 0 saturated heterocycles. The molecule has 1 aromatic carbocycles. The van der Waals surface area contributed by atoms with E-state index >= 15 is 0 Å². The highest BCUT2D eigenvalue weighted by molar-refractivity contribution is 7.13. The summed E-state index contributed by atoms with van der Waals surface area (Å²) in [5.74, 6) is -0.530. The second-order valence-corrected chi connectivity index (χ2v) is 5.63. The number of carbonyl (C=O) groups excluding carboxylic acids is 1. The summed E-state index contributed by atoms with van der Waals surface area (Å²) in [4.78, 5) is 15.5. The number of methoxy groups -OCH3 is 1.